The number of rotatable bonds is 4. The molecule has 36 heavy (non-hydrogen) atoms. The summed E-state index contributed by atoms with van der Waals surface area (Å²) in [5, 5.41) is 9.48. The highest BCUT2D eigenvalue weighted by Gasteiger charge is 2.71. The van der Waals surface area contributed by atoms with Crippen LogP contribution in [0.5, 0.6) is 0 Å². The molecule has 0 bridgehead atoms. The van der Waals surface area contributed by atoms with E-state index in [1.807, 2.05) is 0 Å². The van der Waals surface area contributed by atoms with Gasteiger partial charge in [-0.2, -0.15) is 35.1 Å². The van der Waals surface area contributed by atoms with E-state index in [4.69, 9.17) is 0 Å². The Hall–Kier alpha value is -3.80. The van der Waals surface area contributed by atoms with Gasteiger partial charge in [-0.3, -0.25) is 9.36 Å². The van der Waals surface area contributed by atoms with Gasteiger partial charge in [0, 0.05) is 11.1 Å². The Balaban J connectivity index is 1.98. The lowest BCUT2D eigenvalue weighted by Crippen LogP contribution is -2.53. The average Bonchev–Trinajstić information content (AvgIpc) is 2.83. The molecule has 1 N–H and O–H groups in total. The third-order valence-electron chi connectivity index (χ3n) is 5.56. The zero-order valence-corrected chi connectivity index (χ0v) is 17.8. The second-order valence-corrected chi connectivity index (χ2v) is 7.79. The summed E-state index contributed by atoms with van der Waals surface area (Å²) in [6, 6.07) is 13.4. The van der Waals surface area contributed by atoms with Crippen LogP contribution in [0.4, 0.5) is 35.1 Å². The van der Waals surface area contributed by atoms with E-state index >= 15 is 8.78 Å². The highest BCUT2D eigenvalue weighted by atomic mass is 19.4. The van der Waals surface area contributed by atoms with Gasteiger partial charge in [0.15, 0.2) is 5.82 Å². The minimum absolute atomic E-state index is 0.0931. The number of aromatic nitrogens is 2. The quantitative estimate of drug-likeness (QED) is 0.349. The van der Waals surface area contributed by atoms with Crippen molar-refractivity contribution in [2.75, 3.05) is 0 Å². The summed E-state index contributed by atoms with van der Waals surface area (Å²) in [5.41, 5.74) is -8.99. The molecule has 0 saturated heterocycles. The Labute approximate surface area is 197 Å². The first-order valence-electron chi connectivity index (χ1n) is 10.1. The van der Waals surface area contributed by atoms with Crippen LogP contribution in [0.1, 0.15) is 17.0 Å². The highest BCUT2D eigenvalue weighted by molar-refractivity contribution is 5.78. The molecule has 0 spiro atoms. The van der Waals surface area contributed by atoms with Crippen molar-refractivity contribution in [2.24, 2.45) is 0 Å². The van der Waals surface area contributed by atoms with Crippen molar-refractivity contribution in [3.8, 4) is 5.69 Å². The molecule has 188 valence electrons. The SMILES string of the molecule is O=c1c2ccccc2nc(C(F)(F)c2ccccc2)n1-c1ccc(C(O)(C(F)(F)F)C(F)(F)F)cc1. The van der Waals surface area contributed by atoms with Crippen molar-refractivity contribution in [3.05, 3.63) is 106 Å². The van der Waals surface area contributed by atoms with Crippen molar-refractivity contribution in [1.82, 2.24) is 9.55 Å². The molecule has 4 aromatic rings. The Kier molecular flexibility index (Phi) is 5.90. The number of aliphatic hydroxyl groups is 1. The lowest BCUT2D eigenvalue weighted by Gasteiger charge is -2.32. The third-order valence-corrected chi connectivity index (χ3v) is 5.56. The van der Waals surface area contributed by atoms with E-state index in [9.17, 15) is 36.2 Å². The van der Waals surface area contributed by atoms with E-state index in [1.165, 1.54) is 42.5 Å². The second kappa shape index (κ2) is 8.40. The summed E-state index contributed by atoms with van der Waals surface area (Å²) >= 11 is 0. The van der Waals surface area contributed by atoms with Crippen molar-refractivity contribution in [3.63, 3.8) is 0 Å². The molecule has 1 aromatic heterocycles. The Morgan fingerprint density at radius 1 is 0.667 bits per heavy atom. The van der Waals surface area contributed by atoms with Gasteiger partial charge in [-0.25, -0.2) is 4.98 Å². The molecule has 0 aliphatic heterocycles. The lowest BCUT2D eigenvalue weighted by molar-refractivity contribution is -0.376. The van der Waals surface area contributed by atoms with Gasteiger partial charge in [0.05, 0.1) is 16.6 Å². The van der Waals surface area contributed by atoms with Crippen LogP contribution in [0.3, 0.4) is 0 Å². The van der Waals surface area contributed by atoms with Crippen molar-refractivity contribution in [2.45, 2.75) is 23.9 Å². The molecule has 1 heterocycles. The number of halogens is 8. The molecular weight excluding hydrogens is 500 g/mol. The maximum Gasteiger partial charge on any atom is 0.430 e. The predicted molar refractivity (Wildman–Crippen MR) is 113 cm³/mol. The maximum absolute atomic E-state index is 15.6. The van der Waals surface area contributed by atoms with Crippen molar-refractivity contribution < 1.29 is 40.2 Å². The summed E-state index contributed by atoms with van der Waals surface area (Å²) in [4.78, 5) is 17.1. The molecule has 4 rings (SSSR count). The number of hydrogen-bond acceptors (Lipinski definition) is 3. The Morgan fingerprint density at radius 2 is 1.19 bits per heavy atom. The zero-order chi connectivity index (χ0) is 26.5. The highest BCUT2D eigenvalue weighted by Crippen LogP contribution is 2.50. The molecule has 0 fully saturated rings. The van der Waals surface area contributed by atoms with Gasteiger partial charge in [-0.05, 0) is 24.3 Å². The number of alkyl halides is 8. The summed E-state index contributed by atoms with van der Waals surface area (Å²) in [5.74, 6) is -4.99. The van der Waals surface area contributed by atoms with E-state index in [0.29, 0.717) is 16.7 Å². The first-order valence-corrected chi connectivity index (χ1v) is 10.1. The monoisotopic (exact) mass is 514 g/mol. The fraction of sp³-hybridized carbons (Fsp3) is 0.167. The summed E-state index contributed by atoms with van der Waals surface area (Å²) in [6.07, 6.45) is -12.3. The smallest absolute Gasteiger partial charge is 0.369 e. The van der Waals surface area contributed by atoms with Crippen molar-refractivity contribution >= 4 is 10.9 Å². The van der Waals surface area contributed by atoms with E-state index in [1.54, 1.807) is 0 Å². The third kappa shape index (κ3) is 3.91. The van der Waals surface area contributed by atoms with Crippen LogP contribution in [0.15, 0.2) is 83.7 Å². The van der Waals surface area contributed by atoms with Crippen LogP contribution in [0, 0.1) is 0 Å². The minimum atomic E-state index is -6.14. The normalized spacial score (nSPS) is 13.2. The number of para-hydroxylation sites is 1. The topological polar surface area (TPSA) is 55.1 Å². The molecule has 12 heteroatoms. The summed E-state index contributed by atoms with van der Waals surface area (Å²) in [6.45, 7) is 0. The molecule has 0 atom stereocenters. The lowest BCUT2D eigenvalue weighted by atomic mass is 9.92. The standard InChI is InChI=1S/C24H14F8N2O2/c25-21(26,14-6-2-1-3-7-14)20-33-18-9-5-4-8-17(18)19(35)34(20)16-12-10-15(11-13-16)22(36,23(27,28)29)24(30,31)32/h1-13,36H. The van der Waals surface area contributed by atoms with Crippen LogP contribution in [0.25, 0.3) is 16.6 Å². The molecular formula is C24H14F8N2O2. The minimum Gasteiger partial charge on any atom is -0.369 e. The van der Waals surface area contributed by atoms with E-state index < -0.39 is 52.1 Å². The first-order chi connectivity index (χ1) is 16.7. The molecule has 0 saturated carbocycles. The summed E-state index contributed by atoms with van der Waals surface area (Å²) in [7, 11) is 0. The Morgan fingerprint density at radius 3 is 1.75 bits per heavy atom. The van der Waals surface area contributed by atoms with Gasteiger partial charge in [0.1, 0.15) is 0 Å². The van der Waals surface area contributed by atoms with Crippen LogP contribution in [-0.2, 0) is 11.5 Å². The summed E-state index contributed by atoms with van der Waals surface area (Å²) < 4.78 is 111. The first kappa shape index (κ1) is 25.3. The zero-order valence-electron chi connectivity index (χ0n) is 17.8. The molecule has 3 aromatic carbocycles. The van der Waals surface area contributed by atoms with Gasteiger partial charge in [-0.1, -0.05) is 54.6 Å². The molecule has 0 amide bonds. The molecule has 0 aliphatic rings. The number of nitrogens with zero attached hydrogens (tertiary/aromatic N) is 2. The molecule has 0 radical (unpaired) electrons. The number of hydrogen-bond donors (Lipinski definition) is 1. The van der Waals surface area contributed by atoms with E-state index in [-0.39, 0.29) is 23.0 Å². The van der Waals surface area contributed by atoms with Crippen molar-refractivity contribution in [1.29, 1.82) is 0 Å². The molecule has 0 unspecified atom stereocenters. The number of benzene rings is 3. The molecule has 0 aliphatic carbocycles. The predicted octanol–water partition coefficient (Wildman–Crippen LogP) is 5.84. The van der Waals surface area contributed by atoms with Gasteiger partial charge in [0.25, 0.3) is 11.2 Å². The Bertz CT molecular complexity index is 1450. The fourth-order valence-corrected chi connectivity index (χ4v) is 3.70. The largest absolute Gasteiger partial charge is 0.430 e. The van der Waals surface area contributed by atoms with E-state index in [2.05, 4.69) is 4.98 Å². The van der Waals surface area contributed by atoms with Crippen LogP contribution >= 0.6 is 0 Å². The van der Waals surface area contributed by atoms with E-state index in [0.717, 1.165) is 12.1 Å². The fourth-order valence-electron chi connectivity index (χ4n) is 3.70. The van der Waals surface area contributed by atoms with Crippen LogP contribution < -0.4 is 5.56 Å². The maximum atomic E-state index is 15.6. The van der Waals surface area contributed by atoms with Crippen LogP contribution in [0.2, 0.25) is 0 Å². The van der Waals surface area contributed by atoms with Gasteiger partial charge in [-0.15, -0.1) is 0 Å². The second-order valence-electron chi connectivity index (χ2n) is 7.79. The molecule has 4 nitrogen and oxygen atoms in total. The average molecular weight is 514 g/mol. The number of fused-ring (bicyclic) bond motifs is 1. The van der Waals surface area contributed by atoms with Gasteiger partial charge >= 0.3 is 18.3 Å². The van der Waals surface area contributed by atoms with Crippen LogP contribution in [-0.4, -0.2) is 27.0 Å². The van der Waals surface area contributed by atoms with Gasteiger partial charge in [0.2, 0.25) is 0 Å². The van der Waals surface area contributed by atoms with Gasteiger partial charge < -0.3 is 5.11 Å².